The predicted molar refractivity (Wildman–Crippen MR) is 79.2 cm³/mol. The Kier molecular flexibility index (Phi) is 4.72. The van der Waals surface area contributed by atoms with Crippen LogP contribution in [-0.2, 0) is 11.2 Å². The number of thiocarbonyl (C=S) groups is 1. The van der Waals surface area contributed by atoms with E-state index in [4.69, 9.17) is 17.0 Å². The molecule has 0 unspecified atom stereocenters. The number of hydrogen-bond acceptors (Lipinski definition) is 2. The minimum atomic E-state index is 0.588. The maximum atomic E-state index is 5.51. The molecule has 0 radical (unpaired) electrons. The summed E-state index contributed by atoms with van der Waals surface area (Å²) in [6, 6.07) is 8.81. The van der Waals surface area contributed by atoms with Gasteiger partial charge < -0.3 is 9.64 Å². The van der Waals surface area contributed by atoms with Crippen LogP contribution in [0.15, 0.2) is 24.3 Å². The monoisotopic (exact) mass is 263 g/mol. The van der Waals surface area contributed by atoms with Gasteiger partial charge in [0.25, 0.3) is 0 Å². The average molecular weight is 263 g/mol. The fourth-order valence-electron chi connectivity index (χ4n) is 2.12. The van der Waals surface area contributed by atoms with Crippen molar-refractivity contribution in [2.75, 3.05) is 26.3 Å². The molecule has 0 atom stereocenters. The molecule has 2 nitrogen and oxygen atoms in total. The number of morpholine rings is 1. The van der Waals surface area contributed by atoms with Crippen LogP contribution in [0.1, 0.15) is 30.9 Å². The third-order valence-corrected chi connectivity index (χ3v) is 3.77. The standard InChI is InChI=1S/C15H21NOS/c1-12(2)14-5-3-13(4-6-14)11-15(18)16-7-9-17-10-8-16/h3-6,12H,7-11H2,1-2H3. The summed E-state index contributed by atoms with van der Waals surface area (Å²) < 4.78 is 5.34. The number of hydrogen-bond donors (Lipinski definition) is 0. The highest BCUT2D eigenvalue weighted by Crippen LogP contribution is 2.15. The average Bonchev–Trinajstić information content (AvgIpc) is 2.40. The molecule has 1 aliphatic heterocycles. The van der Waals surface area contributed by atoms with E-state index in [0.717, 1.165) is 37.7 Å². The SMILES string of the molecule is CC(C)c1ccc(CC(=S)N2CCOCC2)cc1. The van der Waals surface area contributed by atoms with Gasteiger partial charge in [-0.1, -0.05) is 50.3 Å². The molecule has 1 heterocycles. The van der Waals surface area contributed by atoms with Gasteiger partial charge in [0.1, 0.15) is 0 Å². The molecule has 0 N–H and O–H groups in total. The molecule has 98 valence electrons. The topological polar surface area (TPSA) is 12.5 Å². The van der Waals surface area contributed by atoms with Crippen molar-refractivity contribution >= 4 is 17.2 Å². The second kappa shape index (κ2) is 6.30. The van der Waals surface area contributed by atoms with Crippen LogP contribution in [0.2, 0.25) is 0 Å². The third kappa shape index (κ3) is 3.53. The van der Waals surface area contributed by atoms with Crippen LogP contribution in [-0.4, -0.2) is 36.2 Å². The molecule has 1 aromatic rings. The van der Waals surface area contributed by atoms with E-state index in [-0.39, 0.29) is 0 Å². The van der Waals surface area contributed by atoms with Gasteiger partial charge in [-0.15, -0.1) is 0 Å². The zero-order valence-electron chi connectivity index (χ0n) is 11.2. The van der Waals surface area contributed by atoms with Crippen molar-refractivity contribution in [1.82, 2.24) is 4.90 Å². The Hall–Kier alpha value is -0.930. The zero-order chi connectivity index (χ0) is 13.0. The lowest BCUT2D eigenvalue weighted by Crippen LogP contribution is -2.40. The van der Waals surface area contributed by atoms with Crippen LogP contribution < -0.4 is 0 Å². The van der Waals surface area contributed by atoms with Gasteiger partial charge in [-0.05, 0) is 17.0 Å². The van der Waals surface area contributed by atoms with Gasteiger partial charge in [0.15, 0.2) is 0 Å². The molecule has 0 saturated carbocycles. The highest BCUT2D eigenvalue weighted by molar-refractivity contribution is 7.80. The van der Waals surface area contributed by atoms with Gasteiger partial charge in [-0.3, -0.25) is 0 Å². The molecule has 1 fully saturated rings. The summed E-state index contributed by atoms with van der Waals surface area (Å²) >= 11 is 5.51. The fraction of sp³-hybridized carbons (Fsp3) is 0.533. The summed E-state index contributed by atoms with van der Waals surface area (Å²) in [7, 11) is 0. The maximum absolute atomic E-state index is 5.51. The summed E-state index contributed by atoms with van der Waals surface area (Å²) in [5.74, 6) is 0.588. The maximum Gasteiger partial charge on any atom is 0.0825 e. The van der Waals surface area contributed by atoms with E-state index >= 15 is 0 Å². The van der Waals surface area contributed by atoms with Gasteiger partial charge >= 0.3 is 0 Å². The van der Waals surface area contributed by atoms with Crippen LogP contribution in [0.5, 0.6) is 0 Å². The van der Waals surface area contributed by atoms with Crippen molar-refractivity contribution < 1.29 is 4.74 Å². The zero-order valence-corrected chi connectivity index (χ0v) is 12.0. The third-order valence-electron chi connectivity index (χ3n) is 3.37. The van der Waals surface area contributed by atoms with Gasteiger partial charge in [0, 0.05) is 19.5 Å². The second-order valence-corrected chi connectivity index (χ2v) is 5.54. The normalized spacial score (nSPS) is 16.1. The molecule has 0 aliphatic carbocycles. The van der Waals surface area contributed by atoms with Crippen LogP contribution >= 0.6 is 12.2 Å². The first kappa shape index (κ1) is 13.5. The molecule has 18 heavy (non-hydrogen) atoms. The van der Waals surface area contributed by atoms with Crippen molar-refractivity contribution in [3.63, 3.8) is 0 Å². The first-order chi connectivity index (χ1) is 8.66. The van der Waals surface area contributed by atoms with Crippen LogP contribution in [0.25, 0.3) is 0 Å². The Morgan fingerprint density at radius 2 is 1.83 bits per heavy atom. The molecule has 3 heteroatoms. The highest BCUT2D eigenvalue weighted by Gasteiger charge is 2.13. The largest absolute Gasteiger partial charge is 0.378 e. The summed E-state index contributed by atoms with van der Waals surface area (Å²) in [6.45, 7) is 7.89. The van der Waals surface area contributed by atoms with E-state index in [1.807, 2.05) is 0 Å². The van der Waals surface area contributed by atoms with Crippen molar-refractivity contribution in [3.05, 3.63) is 35.4 Å². The number of rotatable bonds is 3. The van der Waals surface area contributed by atoms with E-state index in [1.165, 1.54) is 11.1 Å². The van der Waals surface area contributed by atoms with Crippen molar-refractivity contribution in [2.45, 2.75) is 26.2 Å². The van der Waals surface area contributed by atoms with Crippen molar-refractivity contribution in [2.24, 2.45) is 0 Å². The van der Waals surface area contributed by atoms with E-state index in [9.17, 15) is 0 Å². The molecule has 1 aliphatic rings. The molecule has 1 saturated heterocycles. The molecule has 0 amide bonds. The second-order valence-electron chi connectivity index (χ2n) is 5.07. The van der Waals surface area contributed by atoms with Crippen LogP contribution in [0.4, 0.5) is 0 Å². The Balaban J connectivity index is 1.94. The first-order valence-corrected chi connectivity index (χ1v) is 7.02. The van der Waals surface area contributed by atoms with Crippen LogP contribution in [0.3, 0.4) is 0 Å². The van der Waals surface area contributed by atoms with E-state index in [2.05, 4.69) is 43.0 Å². The van der Waals surface area contributed by atoms with Gasteiger partial charge in [-0.25, -0.2) is 0 Å². The lowest BCUT2D eigenvalue weighted by Gasteiger charge is -2.29. The van der Waals surface area contributed by atoms with Gasteiger partial charge in [0.2, 0.25) is 0 Å². The summed E-state index contributed by atoms with van der Waals surface area (Å²) in [4.78, 5) is 3.30. The number of benzene rings is 1. The molecule has 2 rings (SSSR count). The molecule has 0 aromatic heterocycles. The number of ether oxygens (including phenoxy) is 1. The Labute approximate surface area is 115 Å². The van der Waals surface area contributed by atoms with E-state index < -0.39 is 0 Å². The lowest BCUT2D eigenvalue weighted by molar-refractivity contribution is 0.0685. The highest BCUT2D eigenvalue weighted by atomic mass is 32.1. The molecular formula is C15H21NOS. The van der Waals surface area contributed by atoms with Gasteiger partial charge in [-0.2, -0.15) is 0 Å². The van der Waals surface area contributed by atoms with E-state index in [1.54, 1.807) is 0 Å². The molecule has 1 aromatic carbocycles. The predicted octanol–water partition coefficient (Wildman–Crippen LogP) is 3.01. The van der Waals surface area contributed by atoms with Crippen molar-refractivity contribution in [1.29, 1.82) is 0 Å². The molecular weight excluding hydrogens is 242 g/mol. The summed E-state index contributed by atoms with van der Waals surface area (Å²) in [6.07, 6.45) is 0.869. The minimum Gasteiger partial charge on any atom is -0.378 e. The van der Waals surface area contributed by atoms with Gasteiger partial charge in [0.05, 0.1) is 18.2 Å². The minimum absolute atomic E-state index is 0.588. The number of nitrogens with zero attached hydrogens (tertiary/aromatic N) is 1. The molecule has 0 spiro atoms. The Morgan fingerprint density at radius 3 is 2.39 bits per heavy atom. The summed E-state index contributed by atoms with van der Waals surface area (Å²) in [5.41, 5.74) is 2.69. The fourth-order valence-corrected chi connectivity index (χ4v) is 2.47. The first-order valence-electron chi connectivity index (χ1n) is 6.61. The smallest absolute Gasteiger partial charge is 0.0825 e. The summed E-state index contributed by atoms with van der Waals surface area (Å²) in [5, 5.41) is 0. The van der Waals surface area contributed by atoms with Crippen molar-refractivity contribution in [3.8, 4) is 0 Å². The molecule has 0 bridgehead atoms. The van der Waals surface area contributed by atoms with E-state index in [0.29, 0.717) is 5.92 Å². The Morgan fingerprint density at radius 1 is 1.22 bits per heavy atom. The Bertz CT molecular complexity index is 393. The quantitative estimate of drug-likeness (QED) is 0.778. The lowest BCUT2D eigenvalue weighted by atomic mass is 10.0. The van der Waals surface area contributed by atoms with Crippen LogP contribution in [0, 0.1) is 0 Å².